The normalized spacial score (nSPS) is 12.1. The fourth-order valence-corrected chi connectivity index (χ4v) is 1.22. The lowest BCUT2D eigenvalue weighted by atomic mass is 10.1. The molecule has 0 aliphatic rings. The summed E-state index contributed by atoms with van der Waals surface area (Å²) in [7, 11) is 0. The molecule has 1 aromatic rings. The number of rotatable bonds is 6. The van der Waals surface area contributed by atoms with Crippen molar-refractivity contribution < 1.29 is 14.3 Å². The molecule has 0 fully saturated rings. The standard InChI is InChI=1S/C10H16N4O3/c11-5-2-1-3-7(12)9(15)17-10(16)8-4-6-13-14-8/h4,6-7H,1-3,5,11-12H2,(H,13,14)/t7-/m0/s1. The van der Waals surface area contributed by atoms with Crippen molar-refractivity contribution in [2.24, 2.45) is 11.5 Å². The van der Waals surface area contributed by atoms with E-state index in [2.05, 4.69) is 14.9 Å². The molecule has 0 saturated carbocycles. The number of aromatic amines is 1. The average Bonchev–Trinajstić information content (AvgIpc) is 2.82. The summed E-state index contributed by atoms with van der Waals surface area (Å²) >= 11 is 0. The molecule has 7 nitrogen and oxygen atoms in total. The van der Waals surface area contributed by atoms with Crippen molar-refractivity contribution >= 4 is 11.9 Å². The van der Waals surface area contributed by atoms with Crippen LogP contribution in [0.25, 0.3) is 0 Å². The Hall–Kier alpha value is -1.73. The van der Waals surface area contributed by atoms with Gasteiger partial charge in [-0.3, -0.25) is 5.10 Å². The molecule has 5 N–H and O–H groups in total. The topological polar surface area (TPSA) is 124 Å². The van der Waals surface area contributed by atoms with Crippen LogP contribution in [0.5, 0.6) is 0 Å². The lowest BCUT2D eigenvalue weighted by Gasteiger charge is -2.08. The second-order valence-corrected chi connectivity index (χ2v) is 3.56. The molecular formula is C10H16N4O3. The summed E-state index contributed by atoms with van der Waals surface area (Å²) in [5.41, 5.74) is 10.9. The number of nitrogens with zero attached hydrogens (tertiary/aromatic N) is 1. The van der Waals surface area contributed by atoms with Gasteiger partial charge < -0.3 is 16.2 Å². The minimum atomic E-state index is -0.801. The first kappa shape index (κ1) is 13.3. The van der Waals surface area contributed by atoms with Crippen LogP contribution in [-0.4, -0.2) is 34.7 Å². The summed E-state index contributed by atoms with van der Waals surface area (Å²) < 4.78 is 4.57. The number of nitrogens with one attached hydrogen (secondary N) is 1. The van der Waals surface area contributed by atoms with Gasteiger partial charge in [0.15, 0.2) is 5.69 Å². The first-order chi connectivity index (χ1) is 8.15. The Balaban J connectivity index is 2.35. The molecule has 0 bridgehead atoms. The molecule has 7 heteroatoms. The van der Waals surface area contributed by atoms with Gasteiger partial charge in [-0.15, -0.1) is 0 Å². The number of carbonyl (C=O) groups is 2. The third kappa shape index (κ3) is 4.33. The van der Waals surface area contributed by atoms with Crippen molar-refractivity contribution in [2.45, 2.75) is 25.3 Å². The van der Waals surface area contributed by atoms with Gasteiger partial charge >= 0.3 is 11.9 Å². The van der Waals surface area contributed by atoms with Crippen LogP contribution in [-0.2, 0) is 9.53 Å². The molecule has 0 spiro atoms. The lowest BCUT2D eigenvalue weighted by molar-refractivity contribution is -0.139. The Morgan fingerprint density at radius 3 is 2.82 bits per heavy atom. The van der Waals surface area contributed by atoms with E-state index in [0.717, 1.165) is 12.8 Å². The smallest absolute Gasteiger partial charge is 0.366 e. The molecule has 0 amide bonds. The first-order valence-corrected chi connectivity index (χ1v) is 5.36. The van der Waals surface area contributed by atoms with E-state index in [1.807, 2.05) is 0 Å². The number of H-pyrrole nitrogens is 1. The van der Waals surface area contributed by atoms with E-state index in [0.29, 0.717) is 13.0 Å². The minimum Gasteiger partial charge on any atom is -0.387 e. The van der Waals surface area contributed by atoms with Crippen molar-refractivity contribution in [1.82, 2.24) is 10.2 Å². The molecule has 0 unspecified atom stereocenters. The van der Waals surface area contributed by atoms with Crippen LogP contribution in [0.3, 0.4) is 0 Å². The highest BCUT2D eigenvalue weighted by Crippen LogP contribution is 2.02. The number of hydrogen-bond donors (Lipinski definition) is 3. The average molecular weight is 240 g/mol. The molecule has 17 heavy (non-hydrogen) atoms. The zero-order valence-electron chi connectivity index (χ0n) is 9.39. The van der Waals surface area contributed by atoms with Gasteiger partial charge in [0, 0.05) is 6.20 Å². The highest BCUT2D eigenvalue weighted by molar-refractivity contribution is 5.96. The van der Waals surface area contributed by atoms with E-state index < -0.39 is 18.0 Å². The summed E-state index contributed by atoms with van der Waals surface area (Å²) in [5.74, 6) is -1.54. The maximum atomic E-state index is 11.4. The largest absolute Gasteiger partial charge is 0.387 e. The Labute approximate surface area is 98.5 Å². The zero-order chi connectivity index (χ0) is 12.7. The Kier molecular flexibility index (Phi) is 5.31. The molecular weight excluding hydrogens is 224 g/mol. The third-order valence-electron chi connectivity index (χ3n) is 2.18. The molecule has 1 heterocycles. The predicted octanol–water partition coefficient (Wildman–Crippen LogP) is -0.451. The molecule has 1 aromatic heterocycles. The molecule has 0 saturated heterocycles. The summed E-state index contributed by atoms with van der Waals surface area (Å²) in [6.07, 6.45) is 3.42. The van der Waals surface area contributed by atoms with Gasteiger partial charge in [0.25, 0.3) is 0 Å². The highest BCUT2D eigenvalue weighted by Gasteiger charge is 2.20. The SMILES string of the molecule is NCCCC[C@H](N)C(=O)OC(=O)c1cc[nH]n1. The van der Waals surface area contributed by atoms with E-state index in [9.17, 15) is 9.59 Å². The van der Waals surface area contributed by atoms with Crippen LogP contribution in [0.2, 0.25) is 0 Å². The first-order valence-electron chi connectivity index (χ1n) is 5.36. The van der Waals surface area contributed by atoms with Gasteiger partial charge in [-0.2, -0.15) is 5.10 Å². The third-order valence-corrected chi connectivity index (χ3v) is 2.18. The van der Waals surface area contributed by atoms with Crippen molar-refractivity contribution in [3.05, 3.63) is 18.0 Å². The monoisotopic (exact) mass is 240 g/mol. The van der Waals surface area contributed by atoms with Crippen LogP contribution in [0.1, 0.15) is 29.8 Å². The molecule has 0 radical (unpaired) electrons. The maximum Gasteiger partial charge on any atom is 0.366 e. The summed E-state index contributed by atoms with van der Waals surface area (Å²) in [6, 6.07) is 0.611. The second-order valence-electron chi connectivity index (χ2n) is 3.56. The fourth-order valence-electron chi connectivity index (χ4n) is 1.22. The van der Waals surface area contributed by atoms with E-state index in [1.165, 1.54) is 12.3 Å². The van der Waals surface area contributed by atoms with Crippen LogP contribution in [0, 0.1) is 0 Å². The predicted molar refractivity (Wildman–Crippen MR) is 59.9 cm³/mol. The van der Waals surface area contributed by atoms with Crippen LogP contribution < -0.4 is 11.5 Å². The quantitative estimate of drug-likeness (QED) is 0.351. The fraction of sp³-hybridized carbons (Fsp3) is 0.500. The summed E-state index contributed by atoms with van der Waals surface area (Å²) in [5, 5.41) is 6.04. The summed E-state index contributed by atoms with van der Waals surface area (Å²) in [4.78, 5) is 22.8. The van der Waals surface area contributed by atoms with Crippen LogP contribution >= 0.6 is 0 Å². The minimum absolute atomic E-state index is 0.0486. The van der Waals surface area contributed by atoms with E-state index >= 15 is 0 Å². The number of carbonyl (C=O) groups excluding carboxylic acids is 2. The van der Waals surface area contributed by atoms with Crippen LogP contribution in [0.15, 0.2) is 12.3 Å². The van der Waals surface area contributed by atoms with Gasteiger partial charge in [-0.05, 0) is 25.5 Å². The zero-order valence-corrected chi connectivity index (χ0v) is 9.39. The number of ether oxygens (including phenoxy) is 1. The number of unbranched alkanes of at least 4 members (excludes halogenated alkanes) is 1. The molecule has 0 aromatic carbocycles. The van der Waals surface area contributed by atoms with E-state index in [-0.39, 0.29) is 5.69 Å². The van der Waals surface area contributed by atoms with Gasteiger partial charge in [0.2, 0.25) is 0 Å². The maximum absolute atomic E-state index is 11.4. The number of esters is 2. The number of nitrogens with two attached hydrogens (primary N) is 2. The van der Waals surface area contributed by atoms with E-state index in [1.54, 1.807) is 0 Å². The lowest BCUT2D eigenvalue weighted by Crippen LogP contribution is -2.34. The van der Waals surface area contributed by atoms with Crippen molar-refractivity contribution in [1.29, 1.82) is 0 Å². The Morgan fingerprint density at radius 1 is 1.47 bits per heavy atom. The number of aromatic nitrogens is 2. The van der Waals surface area contributed by atoms with Gasteiger partial charge in [-0.1, -0.05) is 6.42 Å². The van der Waals surface area contributed by atoms with Gasteiger partial charge in [0.05, 0.1) is 0 Å². The Bertz CT molecular complexity index is 364. The molecule has 94 valence electrons. The molecule has 0 aliphatic carbocycles. The van der Waals surface area contributed by atoms with Crippen molar-refractivity contribution in [3.8, 4) is 0 Å². The number of hydrogen-bond acceptors (Lipinski definition) is 6. The molecule has 1 rings (SSSR count). The Morgan fingerprint density at radius 2 is 2.24 bits per heavy atom. The van der Waals surface area contributed by atoms with E-state index in [4.69, 9.17) is 11.5 Å². The van der Waals surface area contributed by atoms with Crippen molar-refractivity contribution in [2.75, 3.05) is 6.54 Å². The second kappa shape index (κ2) is 6.77. The van der Waals surface area contributed by atoms with Gasteiger partial charge in [-0.25, -0.2) is 9.59 Å². The summed E-state index contributed by atoms with van der Waals surface area (Å²) in [6.45, 7) is 0.550. The highest BCUT2D eigenvalue weighted by atomic mass is 16.6. The van der Waals surface area contributed by atoms with Crippen LogP contribution in [0.4, 0.5) is 0 Å². The van der Waals surface area contributed by atoms with Gasteiger partial charge in [0.1, 0.15) is 6.04 Å². The molecule has 1 atom stereocenters. The molecule has 0 aliphatic heterocycles. The van der Waals surface area contributed by atoms with Crippen molar-refractivity contribution in [3.63, 3.8) is 0 Å².